The first-order chi connectivity index (χ1) is 17.9. The summed E-state index contributed by atoms with van der Waals surface area (Å²) in [5.74, 6) is -1.04. The normalized spacial score (nSPS) is 20.1. The number of carbonyl (C=O) groups excluding carboxylic acids is 2. The van der Waals surface area contributed by atoms with Crippen LogP contribution < -0.4 is 21.1 Å². The third-order valence-electron chi connectivity index (χ3n) is 7.65. The summed E-state index contributed by atoms with van der Waals surface area (Å²) >= 11 is 0. The maximum absolute atomic E-state index is 12.4. The predicted octanol–water partition coefficient (Wildman–Crippen LogP) is 2.59. The van der Waals surface area contributed by atoms with Crippen LogP contribution in [0.15, 0.2) is 9.59 Å². The number of fused-ring (bicyclic) bond motifs is 1. The van der Waals surface area contributed by atoms with Gasteiger partial charge < -0.3 is 0 Å². The topological polar surface area (TPSA) is 141 Å². The minimum absolute atomic E-state index is 0.00674. The Kier molecular flexibility index (Phi) is 9.92. The molecule has 2 saturated carbocycles. The van der Waals surface area contributed by atoms with E-state index < -0.39 is 32.4 Å². The van der Waals surface area contributed by atoms with Gasteiger partial charge in [-0.3, -0.25) is 0 Å². The number of nitrogens with one attached hydrogen (secondary N) is 1. The van der Waals surface area contributed by atoms with Crippen LogP contribution in [-0.4, -0.2) is 56.2 Å². The van der Waals surface area contributed by atoms with Gasteiger partial charge in [-0.2, -0.15) is 0 Å². The first kappa shape index (κ1) is 28.0. The van der Waals surface area contributed by atoms with Crippen LogP contribution in [0.4, 0.5) is 11.4 Å². The predicted molar refractivity (Wildman–Crippen MR) is 139 cm³/mol. The van der Waals surface area contributed by atoms with Crippen molar-refractivity contribution in [1.29, 1.82) is 0 Å². The molecule has 0 spiro atoms. The molecule has 0 atom stereocenters. The van der Waals surface area contributed by atoms with Crippen molar-refractivity contribution in [2.45, 2.75) is 70.6 Å². The zero-order chi connectivity index (χ0) is 26.3. The molecular formula is C25H39N2O9P. The molecule has 0 unspecified atom stereocenters. The van der Waals surface area contributed by atoms with Crippen LogP contribution in [0.25, 0.3) is 0 Å². The molecule has 12 heteroatoms. The van der Waals surface area contributed by atoms with Gasteiger partial charge in [-0.15, -0.1) is 0 Å². The van der Waals surface area contributed by atoms with E-state index in [-0.39, 0.29) is 36.5 Å². The summed E-state index contributed by atoms with van der Waals surface area (Å²) in [4.78, 5) is 61.8. The molecular weight excluding hydrogens is 503 g/mol. The van der Waals surface area contributed by atoms with Crippen LogP contribution in [0.2, 0.25) is 0 Å². The van der Waals surface area contributed by atoms with Gasteiger partial charge in [-0.1, -0.05) is 0 Å². The van der Waals surface area contributed by atoms with Gasteiger partial charge in [0.1, 0.15) is 0 Å². The molecule has 208 valence electrons. The number of hydrogen-bond donors (Lipinski definition) is 2. The number of carbonyl (C=O) groups is 2. The van der Waals surface area contributed by atoms with Gasteiger partial charge in [-0.25, -0.2) is 0 Å². The Morgan fingerprint density at radius 1 is 0.838 bits per heavy atom. The van der Waals surface area contributed by atoms with Gasteiger partial charge in [0.25, 0.3) is 0 Å². The Bertz CT molecular complexity index is 961. The van der Waals surface area contributed by atoms with Crippen LogP contribution in [0, 0.1) is 11.8 Å². The standard InChI is InChI=1S/C25H39N2O9P/c28-22-20-21(23(22)29)27(13-7-12-26-20)14-15-37(32,35-16-33-24(30)18-8-3-1-4-9-18)36-17-34-25(31)19-10-5-2-6-11-19/h18-19,26,32,37H,1-17H2. The number of esters is 2. The van der Waals surface area contributed by atoms with Crippen molar-refractivity contribution < 1.29 is 33.0 Å². The summed E-state index contributed by atoms with van der Waals surface area (Å²) in [6.07, 6.45) is 9.97. The van der Waals surface area contributed by atoms with Crippen LogP contribution in [0.3, 0.4) is 0 Å². The molecule has 0 aromatic heterocycles. The van der Waals surface area contributed by atoms with E-state index in [0.29, 0.717) is 30.9 Å². The molecule has 1 aromatic rings. The first-order valence-corrected chi connectivity index (χ1v) is 15.5. The fourth-order valence-corrected chi connectivity index (χ4v) is 6.81. The molecule has 3 aliphatic rings. The molecule has 2 N–H and O–H groups in total. The molecule has 0 amide bonds. The van der Waals surface area contributed by atoms with E-state index in [1.54, 1.807) is 4.90 Å². The number of hydrogen-bond acceptors (Lipinski definition) is 11. The van der Waals surface area contributed by atoms with Gasteiger partial charge in [0, 0.05) is 0 Å². The molecule has 0 bridgehead atoms. The Morgan fingerprint density at radius 3 is 1.92 bits per heavy atom. The third kappa shape index (κ3) is 7.28. The van der Waals surface area contributed by atoms with Gasteiger partial charge in [0.15, 0.2) is 0 Å². The Balaban J connectivity index is 1.34. The van der Waals surface area contributed by atoms with Crippen LogP contribution >= 0.6 is 7.94 Å². The first-order valence-electron chi connectivity index (χ1n) is 13.5. The van der Waals surface area contributed by atoms with E-state index in [4.69, 9.17) is 18.5 Å². The van der Waals surface area contributed by atoms with Crippen LogP contribution in [0.1, 0.15) is 70.6 Å². The molecule has 2 aliphatic carbocycles. The van der Waals surface area contributed by atoms with Crippen molar-refractivity contribution in [2.75, 3.05) is 49.6 Å². The third-order valence-corrected chi connectivity index (χ3v) is 9.65. The van der Waals surface area contributed by atoms with Crippen LogP contribution in [-0.2, 0) is 28.1 Å². The van der Waals surface area contributed by atoms with E-state index in [2.05, 4.69) is 5.32 Å². The van der Waals surface area contributed by atoms with E-state index in [0.717, 1.165) is 64.2 Å². The quantitative estimate of drug-likeness (QED) is 0.184. The molecule has 1 aromatic carbocycles. The summed E-state index contributed by atoms with van der Waals surface area (Å²) in [6, 6.07) is 0. The fraction of sp³-hybridized carbons (Fsp3) is 0.760. The van der Waals surface area contributed by atoms with E-state index >= 15 is 0 Å². The fourth-order valence-electron chi connectivity index (χ4n) is 5.40. The maximum atomic E-state index is 12.4. The van der Waals surface area contributed by atoms with Crippen molar-refractivity contribution in [2.24, 2.45) is 11.8 Å². The molecule has 2 fully saturated rings. The number of rotatable bonds is 11. The zero-order valence-electron chi connectivity index (χ0n) is 21.3. The molecule has 37 heavy (non-hydrogen) atoms. The average Bonchev–Trinajstić information content (AvgIpc) is 3.13. The zero-order valence-corrected chi connectivity index (χ0v) is 22.3. The summed E-state index contributed by atoms with van der Waals surface area (Å²) < 4.78 is 21.8. The average molecular weight is 543 g/mol. The number of ether oxygens (including phenoxy) is 2. The van der Waals surface area contributed by atoms with Crippen molar-refractivity contribution >= 4 is 31.3 Å². The van der Waals surface area contributed by atoms with Gasteiger partial charge in [0.05, 0.1) is 0 Å². The second-order valence-corrected chi connectivity index (χ2v) is 12.7. The Labute approximate surface area is 217 Å². The minimum atomic E-state index is -3.98. The second kappa shape index (κ2) is 13.1. The van der Waals surface area contributed by atoms with E-state index in [9.17, 15) is 24.1 Å². The molecule has 1 heterocycles. The SMILES string of the molecule is O=C(OCO[PH](O)(CCN1CCCNc2c1c(=O)c2=O)OCOC(=O)C1CCCCC1)C1CCCCC1. The van der Waals surface area contributed by atoms with Crippen molar-refractivity contribution in [3.8, 4) is 0 Å². The summed E-state index contributed by atoms with van der Waals surface area (Å²) in [5.41, 5.74) is -0.478. The number of nitrogens with zero attached hydrogens (tertiary/aromatic N) is 1. The van der Waals surface area contributed by atoms with Gasteiger partial charge >= 0.3 is 217 Å². The van der Waals surface area contributed by atoms with Crippen molar-refractivity contribution in [3.63, 3.8) is 0 Å². The summed E-state index contributed by atoms with van der Waals surface area (Å²) in [7, 11) is -3.98. The number of anilines is 2. The van der Waals surface area contributed by atoms with E-state index in [1.807, 2.05) is 0 Å². The molecule has 0 radical (unpaired) electrons. The molecule has 4 rings (SSSR count). The molecule has 11 nitrogen and oxygen atoms in total. The van der Waals surface area contributed by atoms with Crippen molar-refractivity contribution in [1.82, 2.24) is 0 Å². The van der Waals surface area contributed by atoms with Gasteiger partial charge in [-0.05, 0) is 0 Å². The Morgan fingerprint density at radius 2 is 1.38 bits per heavy atom. The monoisotopic (exact) mass is 542 g/mol. The summed E-state index contributed by atoms with van der Waals surface area (Å²) in [5, 5.41) is 2.98. The summed E-state index contributed by atoms with van der Waals surface area (Å²) in [6.45, 7) is 0.332. The Hall–Kier alpha value is -2.07. The molecule has 0 saturated heterocycles. The van der Waals surface area contributed by atoms with E-state index in [1.165, 1.54) is 0 Å². The van der Waals surface area contributed by atoms with Gasteiger partial charge in [0.2, 0.25) is 0 Å². The van der Waals surface area contributed by atoms with Crippen molar-refractivity contribution in [3.05, 3.63) is 20.4 Å². The molecule has 1 aliphatic heterocycles. The second-order valence-electron chi connectivity index (χ2n) is 10.2. The van der Waals surface area contributed by atoms with Crippen LogP contribution in [0.5, 0.6) is 0 Å².